The van der Waals surface area contributed by atoms with Gasteiger partial charge in [0.15, 0.2) is 0 Å². The van der Waals surface area contributed by atoms with Gasteiger partial charge in [0.05, 0.1) is 30.1 Å². The van der Waals surface area contributed by atoms with E-state index in [1.165, 1.54) is 24.1 Å². The summed E-state index contributed by atoms with van der Waals surface area (Å²) in [6.07, 6.45) is 0.726. The third-order valence-corrected chi connectivity index (χ3v) is 7.97. The number of anilines is 6. The number of aromatic nitrogens is 3. The molecule has 0 amide bonds. The van der Waals surface area contributed by atoms with Crippen molar-refractivity contribution in [1.29, 1.82) is 0 Å². The zero-order valence-corrected chi connectivity index (χ0v) is 25.1. The van der Waals surface area contributed by atoms with E-state index in [1.54, 1.807) is 26.4 Å². The molecule has 0 fully saturated rings. The maximum atomic E-state index is 11.0. The molecule has 1 unspecified atom stereocenters. The minimum absolute atomic E-state index is 0.0800. The Hall–Kier alpha value is -5.69. The first-order chi connectivity index (χ1) is 21.9. The normalized spacial score (nSPS) is 13.9. The van der Waals surface area contributed by atoms with E-state index in [2.05, 4.69) is 35.3 Å². The van der Waals surface area contributed by atoms with Crippen molar-refractivity contribution in [3.05, 3.63) is 118 Å². The van der Waals surface area contributed by atoms with Gasteiger partial charge in [-0.1, -0.05) is 24.3 Å². The van der Waals surface area contributed by atoms with Crippen LogP contribution in [-0.4, -0.2) is 39.8 Å². The first kappa shape index (κ1) is 29.4. The largest absolute Gasteiger partial charge is 0.497 e. The molecule has 0 saturated carbocycles. The van der Waals surface area contributed by atoms with Crippen LogP contribution in [0.15, 0.2) is 101 Å². The number of benzene rings is 4. The number of hydrogen-bond donors (Lipinski definition) is 3. The van der Waals surface area contributed by atoms with E-state index in [9.17, 15) is 10.1 Å². The maximum absolute atomic E-state index is 11.0. The number of rotatable bonds is 11. The van der Waals surface area contributed by atoms with Gasteiger partial charge < -0.3 is 25.4 Å². The summed E-state index contributed by atoms with van der Waals surface area (Å²) in [7, 11) is 3.24. The predicted octanol–water partition coefficient (Wildman–Crippen LogP) is 7.61. The van der Waals surface area contributed by atoms with Gasteiger partial charge in [0.1, 0.15) is 11.5 Å². The van der Waals surface area contributed by atoms with Crippen molar-refractivity contribution in [3.8, 4) is 11.5 Å². The van der Waals surface area contributed by atoms with Gasteiger partial charge >= 0.3 is 0 Å². The molecule has 0 aliphatic carbocycles. The molecule has 4 aromatic carbocycles. The smallest absolute Gasteiger partial charge is 0.269 e. The molecule has 226 valence electrons. The number of methoxy groups -OCH3 is 2. The molecule has 5 aromatic rings. The fraction of sp³-hybridized carbons (Fsp3) is 0.125. The minimum Gasteiger partial charge on any atom is -0.497 e. The third kappa shape index (κ3) is 7.28. The Balaban J connectivity index is 1.17. The Morgan fingerprint density at radius 2 is 1.13 bits per heavy atom. The van der Waals surface area contributed by atoms with Crippen LogP contribution in [0.1, 0.15) is 22.8 Å². The van der Waals surface area contributed by atoms with Crippen LogP contribution < -0.4 is 25.4 Å². The fourth-order valence-electron chi connectivity index (χ4n) is 4.56. The molecule has 0 radical (unpaired) electrons. The van der Waals surface area contributed by atoms with Crippen LogP contribution in [0.4, 0.5) is 40.6 Å². The highest BCUT2D eigenvalue weighted by Gasteiger charge is 2.23. The number of ether oxygens (including phenoxy) is 2. The molecule has 13 heteroatoms. The minimum atomic E-state index is -0.392. The standard InChI is InChI=1S/C32H28N8O4S/c1-43-26-15-9-23(10-16-26)34-31-36-30(37-32(38-31)35-24-11-17-27(44-2)18-12-24)33-22-7-3-20(4-8-22)28-19-29(45-39-28)21-5-13-25(14-6-21)40(41)42/h3-18,29H,19H2,1-2H3,(H3,33,34,35,36,37,38). The predicted molar refractivity (Wildman–Crippen MR) is 177 cm³/mol. The van der Waals surface area contributed by atoms with Gasteiger partial charge in [-0.05, 0) is 83.7 Å². The Labute approximate surface area is 263 Å². The Bertz CT molecular complexity index is 1750. The maximum Gasteiger partial charge on any atom is 0.269 e. The lowest BCUT2D eigenvalue weighted by atomic mass is 10.0. The molecule has 0 saturated heterocycles. The topological polar surface area (TPSA) is 149 Å². The van der Waals surface area contributed by atoms with E-state index in [0.29, 0.717) is 17.8 Å². The van der Waals surface area contributed by atoms with Crippen molar-refractivity contribution in [2.75, 3.05) is 30.2 Å². The molecule has 1 aliphatic heterocycles. The first-order valence-corrected chi connectivity index (χ1v) is 14.7. The Morgan fingerprint density at radius 1 is 0.689 bits per heavy atom. The average molecular weight is 621 g/mol. The van der Waals surface area contributed by atoms with E-state index < -0.39 is 4.92 Å². The summed E-state index contributed by atoms with van der Waals surface area (Å²) in [6.45, 7) is 0. The first-order valence-electron chi connectivity index (χ1n) is 13.9. The summed E-state index contributed by atoms with van der Waals surface area (Å²) in [5.41, 5.74) is 5.41. The summed E-state index contributed by atoms with van der Waals surface area (Å²) < 4.78 is 15.2. The lowest BCUT2D eigenvalue weighted by Gasteiger charge is -2.12. The molecule has 1 aromatic heterocycles. The summed E-state index contributed by atoms with van der Waals surface area (Å²) in [5.74, 6) is 2.53. The van der Waals surface area contributed by atoms with Gasteiger partial charge in [0.2, 0.25) is 17.8 Å². The van der Waals surface area contributed by atoms with E-state index >= 15 is 0 Å². The molecule has 6 rings (SSSR count). The zero-order chi connectivity index (χ0) is 31.2. The number of nitro groups is 1. The number of nitro benzene ring substituents is 1. The van der Waals surface area contributed by atoms with Gasteiger partial charge in [0.25, 0.3) is 5.69 Å². The van der Waals surface area contributed by atoms with E-state index in [1.807, 2.05) is 72.8 Å². The number of non-ortho nitro benzene ring substituents is 1. The quantitative estimate of drug-likeness (QED) is 0.0761. The van der Waals surface area contributed by atoms with Crippen molar-refractivity contribution in [2.45, 2.75) is 11.7 Å². The van der Waals surface area contributed by atoms with Crippen molar-refractivity contribution in [1.82, 2.24) is 15.0 Å². The van der Waals surface area contributed by atoms with Gasteiger partial charge in [0, 0.05) is 35.6 Å². The highest BCUT2D eigenvalue weighted by Crippen LogP contribution is 2.40. The zero-order valence-electron chi connectivity index (χ0n) is 24.3. The molecule has 12 nitrogen and oxygen atoms in total. The van der Waals surface area contributed by atoms with Crippen LogP contribution in [0.5, 0.6) is 11.5 Å². The van der Waals surface area contributed by atoms with Crippen LogP contribution in [-0.2, 0) is 0 Å². The summed E-state index contributed by atoms with van der Waals surface area (Å²) in [6, 6.07) is 29.4. The highest BCUT2D eigenvalue weighted by molar-refractivity contribution is 7.98. The molecule has 3 N–H and O–H groups in total. The van der Waals surface area contributed by atoms with E-state index in [0.717, 1.165) is 51.8 Å². The Morgan fingerprint density at radius 3 is 1.56 bits per heavy atom. The van der Waals surface area contributed by atoms with Gasteiger partial charge in [-0.3, -0.25) is 10.1 Å². The molecule has 0 spiro atoms. The molecule has 45 heavy (non-hydrogen) atoms. The number of hydrogen-bond acceptors (Lipinski definition) is 12. The summed E-state index contributed by atoms with van der Waals surface area (Å²) in [4.78, 5) is 24.3. The molecule has 1 atom stereocenters. The van der Waals surface area contributed by atoms with E-state index in [4.69, 9.17) is 9.47 Å². The van der Waals surface area contributed by atoms with Crippen LogP contribution >= 0.6 is 11.9 Å². The lowest BCUT2D eigenvalue weighted by Crippen LogP contribution is -2.07. The highest BCUT2D eigenvalue weighted by atomic mass is 32.2. The monoisotopic (exact) mass is 620 g/mol. The molecular formula is C32H28N8O4S. The SMILES string of the molecule is COc1ccc(Nc2nc(Nc3ccc(OC)cc3)nc(Nc3ccc(C4=NSC(c5ccc([N+](=O)[O-])cc5)C4)cc3)n2)cc1. The number of nitrogens with zero attached hydrogens (tertiary/aromatic N) is 5. The van der Waals surface area contributed by atoms with Gasteiger partial charge in [-0.2, -0.15) is 15.0 Å². The van der Waals surface area contributed by atoms with Crippen molar-refractivity contribution in [2.24, 2.45) is 4.40 Å². The fourth-order valence-corrected chi connectivity index (χ4v) is 5.51. The lowest BCUT2D eigenvalue weighted by molar-refractivity contribution is -0.384. The molecular weight excluding hydrogens is 592 g/mol. The second-order valence-electron chi connectivity index (χ2n) is 9.90. The van der Waals surface area contributed by atoms with Crippen LogP contribution in [0.25, 0.3) is 0 Å². The van der Waals surface area contributed by atoms with Gasteiger partial charge in [-0.15, -0.1) is 0 Å². The summed E-state index contributed by atoms with van der Waals surface area (Å²) in [5, 5.41) is 20.8. The van der Waals surface area contributed by atoms with Crippen LogP contribution in [0, 0.1) is 10.1 Å². The molecule has 2 heterocycles. The van der Waals surface area contributed by atoms with Gasteiger partial charge in [-0.25, -0.2) is 4.40 Å². The molecule has 0 bridgehead atoms. The summed E-state index contributed by atoms with van der Waals surface area (Å²) >= 11 is 1.48. The van der Waals surface area contributed by atoms with Crippen molar-refractivity contribution in [3.63, 3.8) is 0 Å². The average Bonchev–Trinajstić information content (AvgIpc) is 3.56. The Kier molecular flexibility index (Phi) is 8.69. The second-order valence-corrected chi connectivity index (χ2v) is 10.9. The van der Waals surface area contributed by atoms with Crippen LogP contribution in [0.3, 0.4) is 0 Å². The van der Waals surface area contributed by atoms with Crippen molar-refractivity contribution < 1.29 is 14.4 Å². The van der Waals surface area contributed by atoms with Crippen molar-refractivity contribution >= 4 is 58.3 Å². The third-order valence-electron chi connectivity index (χ3n) is 6.95. The van der Waals surface area contributed by atoms with Crippen LogP contribution in [0.2, 0.25) is 0 Å². The molecule has 1 aliphatic rings. The second kappa shape index (κ2) is 13.3. The van der Waals surface area contributed by atoms with E-state index in [-0.39, 0.29) is 10.9 Å². The number of nitrogens with one attached hydrogen (secondary N) is 3.